The maximum Gasteiger partial charge on any atom is 0.0718 e. The van der Waals surface area contributed by atoms with Gasteiger partial charge in [0, 0.05) is 39.3 Å². The summed E-state index contributed by atoms with van der Waals surface area (Å²) in [7, 11) is 0. The highest BCUT2D eigenvalue weighted by molar-refractivity contribution is 5.25. The van der Waals surface area contributed by atoms with Crippen LogP contribution in [0.3, 0.4) is 0 Å². The lowest BCUT2D eigenvalue weighted by Crippen LogP contribution is -2.50. The van der Waals surface area contributed by atoms with Gasteiger partial charge in [-0.2, -0.15) is 0 Å². The van der Waals surface area contributed by atoms with E-state index in [-0.39, 0.29) is 0 Å². The zero-order valence-corrected chi connectivity index (χ0v) is 12.4. The van der Waals surface area contributed by atoms with Gasteiger partial charge in [-0.25, -0.2) is 0 Å². The molecule has 0 bridgehead atoms. The first-order valence-electron chi connectivity index (χ1n) is 7.16. The predicted molar refractivity (Wildman–Crippen MR) is 79.2 cm³/mol. The molecule has 3 heteroatoms. The van der Waals surface area contributed by atoms with Gasteiger partial charge in [0.15, 0.2) is 0 Å². The molecule has 1 aliphatic rings. The Kier molecular flexibility index (Phi) is 4.61. The summed E-state index contributed by atoms with van der Waals surface area (Å²) in [5.74, 6) is 0. The summed E-state index contributed by atoms with van der Waals surface area (Å²) in [6.45, 7) is 12.0. The Morgan fingerprint density at radius 1 is 1.05 bits per heavy atom. The summed E-state index contributed by atoms with van der Waals surface area (Å²) >= 11 is 0. The quantitative estimate of drug-likeness (QED) is 0.897. The van der Waals surface area contributed by atoms with Crippen molar-refractivity contribution in [2.45, 2.75) is 32.9 Å². The lowest BCUT2D eigenvalue weighted by atomic mass is 10.1. The average Bonchev–Trinajstić information content (AvgIpc) is 2.33. The third-order valence-electron chi connectivity index (χ3n) is 3.73. The molecule has 0 aromatic heterocycles. The van der Waals surface area contributed by atoms with Crippen LogP contribution in [0.15, 0.2) is 24.3 Å². The van der Waals surface area contributed by atoms with Crippen molar-refractivity contribution in [3.8, 4) is 0 Å². The van der Waals surface area contributed by atoms with Crippen molar-refractivity contribution in [3.05, 3.63) is 35.4 Å². The number of aliphatic hydroxyl groups is 1. The molecule has 0 unspecified atom stereocenters. The van der Waals surface area contributed by atoms with Crippen molar-refractivity contribution in [1.82, 2.24) is 9.80 Å². The van der Waals surface area contributed by atoms with Gasteiger partial charge in [-0.05, 0) is 31.9 Å². The molecule has 1 aromatic rings. The fourth-order valence-electron chi connectivity index (χ4n) is 2.68. The van der Waals surface area contributed by atoms with E-state index in [9.17, 15) is 5.11 Å². The number of nitrogens with zero attached hydrogens (tertiary/aromatic N) is 2. The second kappa shape index (κ2) is 6.04. The highest BCUT2D eigenvalue weighted by Crippen LogP contribution is 2.13. The second-order valence-electron chi connectivity index (χ2n) is 6.29. The number of aryl methyl sites for hydroxylation is 1. The number of piperazine rings is 1. The summed E-state index contributed by atoms with van der Waals surface area (Å²) in [5.41, 5.74) is 2.22. The van der Waals surface area contributed by atoms with Gasteiger partial charge >= 0.3 is 0 Å². The van der Waals surface area contributed by atoms with E-state index in [0.717, 1.165) is 39.3 Å². The Morgan fingerprint density at radius 3 is 2.21 bits per heavy atom. The molecule has 0 saturated carbocycles. The molecule has 1 aromatic carbocycles. The fourth-order valence-corrected chi connectivity index (χ4v) is 2.68. The molecule has 0 spiro atoms. The molecule has 19 heavy (non-hydrogen) atoms. The van der Waals surface area contributed by atoms with Gasteiger partial charge in [-0.15, -0.1) is 0 Å². The van der Waals surface area contributed by atoms with Crippen LogP contribution in [0.4, 0.5) is 0 Å². The standard InChI is InChI=1S/C16H26N2O/c1-14-6-4-5-7-15(14)12-17-8-10-18(11-9-17)13-16(2,3)19/h4-7,19H,8-13H2,1-3H3. The lowest BCUT2D eigenvalue weighted by molar-refractivity contribution is 0.0166. The summed E-state index contributed by atoms with van der Waals surface area (Å²) in [6.07, 6.45) is 0. The molecule has 1 saturated heterocycles. The van der Waals surface area contributed by atoms with Crippen LogP contribution >= 0.6 is 0 Å². The SMILES string of the molecule is Cc1ccccc1CN1CCN(CC(C)(C)O)CC1. The summed E-state index contributed by atoms with van der Waals surface area (Å²) in [6, 6.07) is 8.62. The molecule has 0 atom stereocenters. The third kappa shape index (κ3) is 4.60. The minimum atomic E-state index is -0.585. The first-order valence-corrected chi connectivity index (χ1v) is 7.16. The molecular formula is C16H26N2O. The summed E-state index contributed by atoms with van der Waals surface area (Å²) < 4.78 is 0. The van der Waals surface area contributed by atoms with Gasteiger partial charge in [0.25, 0.3) is 0 Å². The van der Waals surface area contributed by atoms with Crippen molar-refractivity contribution < 1.29 is 5.11 Å². The van der Waals surface area contributed by atoms with E-state index in [1.165, 1.54) is 11.1 Å². The topological polar surface area (TPSA) is 26.7 Å². The molecule has 0 amide bonds. The molecule has 3 nitrogen and oxygen atoms in total. The molecular weight excluding hydrogens is 236 g/mol. The van der Waals surface area contributed by atoms with Gasteiger partial charge in [0.2, 0.25) is 0 Å². The molecule has 2 rings (SSSR count). The zero-order valence-electron chi connectivity index (χ0n) is 12.4. The fraction of sp³-hybridized carbons (Fsp3) is 0.625. The highest BCUT2D eigenvalue weighted by Gasteiger charge is 2.22. The van der Waals surface area contributed by atoms with Gasteiger partial charge in [-0.1, -0.05) is 24.3 Å². The van der Waals surface area contributed by atoms with E-state index in [1.807, 2.05) is 13.8 Å². The third-order valence-corrected chi connectivity index (χ3v) is 3.73. The van der Waals surface area contributed by atoms with E-state index in [4.69, 9.17) is 0 Å². The van der Waals surface area contributed by atoms with Crippen molar-refractivity contribution in [1.29, 1.82) is 0 Å². The van der Waals surface area contributed by atoms with E-state index in [1.54, 1.807) is 0 Å². The van der Waals surface area contributed by atoms with Gasteiger partial charge < -0.3 is 5.11 Å². The minimum absolute atomic E-state index is 0.585. The van der Waals surface area contributed by atoms with Crippen LogP contribution in [-0.4, -0.2) is 53.2 Å². The van der Waals surface area contributed by atoms with Crippen molar-refractivity contribution in [2.24, 2.45) is 0 Å². The number of hydrogen-bond donors (Lipinski definition) is 1. The number of rotatable bonds is 4. The summed E-state index contributed by atoms with van der Waals surface area (Å²) in [5, 5.41) is 9.85. The molecule has 1 N–H and O–H groups in total. The van der Waals surface area contributed by atoms with Crippen LogP contribution < -0.4 is 0 Å². The van der Waals surface area contributed by atoms with Crippen molar-refractivity contribution in [3.63, 3.8) is 0 Å². The molecule has 0 radical (unpaired) electrons. The number of hydrogen-bond acceptors (Lipinski definition) is 3. The smallest absolute Gasteiger partial charge is 0.0718 e. The first kappa shape index (κ1) is 14.5. The maximum atomic E-state index is 9.85. The highest BCUT2D eigenvalue weighted by atomic mass is 16.3. The van der Waals surface area contributed by atoms with Gasteiger partial charge in [-0.3, -0.25) is 9.80 Å². The molecule has 1 aliphatic heterocycles. The van der Waals surface area contributed by atoms with E-state index >= 15 is 0 Å². The van der Waals surface area contributed by atoms with Crippen LogP contribution in [0.5, 0.6) is 0 Å². The molecule has 1 heterocycles. The maximum absolute atomic E-state index is 9.85. The van der Waals surface area contributed by atoms with Gasteiger partial charge in [0.05, 0.1) is 5.60 Å². The monoisotopic (exact) mass is 262 g/mol. The normalized spacial score (nSPS) is 18.7. The molecule has 0 aliphatic carbocycles. The number of benzene rings is 1. The lowest BCUT2D eigenvalue weighted by Gasteiger charge is -2.37. The van der Waals surface area contributed by atoms with Crippen LogP contribution in [-0.2, 0) is 6.54 Å². The van der Waals surface area contributed by atoms with Crippen molar-refractivity contribution in [2.75, 3.05) is 32.7 Å². The first-order chi connectivity index (χ1) is 8.94. The Bertz CT molecular complexity index is 403. The average molecular weight is 262 g/mol. The Balaban J connectivity index is 1.82. The van der Waals surface area contributed by atoms with Crippen molar-refractivity contribution >= 4 is 0 Å². The van der Waals surface area contributed by atoms with Crippen LogP contribution in [0.25, 0.3) is 0 Å². The second-order valence-corrected chi connectivity index (χ2v) is 6.29. The van der Waals surface area contributed by atoms with E-state index in [0.29, 0.717) is 0 Å². The summed E-state index contributed by atoms with van der Waals surface area (Å²) in [4.78, 5) is 4.86. The largest absolute Gasteiger partial charge is 0.389 e. The number of β-amino-alcohol motifs (C(OH)–C–C–N with tert-alkyl or cyclic N) is 1. The minimum Gasteiger partial charge on any atom is -0.389 e. The molecule has 1 fully saturated rings. The Hall–Kier alpha value is -0.900. The van der Waals surface area contributed by atoms with E-state index in [2.05, 4.69) is 41.0 Å². The van der Waals surface area contributed by atoms with Crippen LogP contribution in [0.2, 0.25) is 0 Å². The van der Waals surface area contributed by atoms with E-state index < -0.39 is 5.60 Å². The molecule has 106 valence electrons. The van der Waals surface area contributed by atoms with Gasteiger partial charge in [0.1, 0.15) is 0 Å². The predicted octanol–water partition coefficient (Wildman–Crippen LogP) is 1.88. The Labute approximate surface area is 116 Å². The Morgan fingerprint density at radius 2 is 1.63 bits per heavy atom. The van der Waals surface area contributed by atoms with Crippen LogP contribution in [0.1, 0.15) is 25.0 Å². The zero-order chi connectivity index (χ0) is 13.9. The van der Waals surface area contributed by atoms with Crippen LogP contribution in [0, 0.1) is 6.92 Å².